The molecule has 3 N–H and O–H groups in total. The second-order valence-electron chi connectivity index (χ2n) is 22.4. The molecular formula is C66H127NO5. The minimum Gasteiger partial charge on any atom is -0.466 e. The van der Waals surface area contributed by atoms with Crippen molar-refractivity contribution in [1.82, 2.24) is 5.32 Å². The average Bonchev–Trinajstić information content (AvgIpc) is 3.38. The first-order chi connectivity index (χ1) is 35.5. The zero-order valence-electron chi connectivity index (χ0n) is 48.7. The van der Waals surface area contributed by atoms with Gasteiger partial charge in [0.15, 0.2) is 0 Å². The highest BCUT2D eigenvalue weighted by atomic mass is 16.5. The Morgan fingerprint density at radius 3 is 1.03 bits per heavy atom. The Morgan fingerprint density at radius 2 is 0.667 bits per heavy atom. The smallest absolute Gasteiger partial charge is 0.305 e. The van der Waals surface area contributed by atoms with Crippen LogP contribution in [-0.2, 0) is 14.3 Å². The number of esters is 1. The Morgan fingerprint density at radius 1 is 0.375 bits per heavy atom. The zero-order valence-corrected chi connectivity index (χ0v) is 48.7. The quantitative estimate of drug-likeness (QED) is 0.0320. The lowest BCUT2D eigenvalue weighted by molar-refractivity contribution is -0.143. The van der Waals surface area contributed by atoms with Gasteiger partial charge in [0.25, 0.3) is 0 Å². The molecule has 0 fully saturated rings. The van der Waals surface area contributed by atoms with Gasteiger partial charge in [-0.3, -0.25) is 9.59 Å². The number of hydrogen-bond donors (Lipinski definition) is 3. The second kappa shape index (κ2) is 61.9. The van der Waals surface area contributed by atoms with Crippen molar-refractivity contribution >= 4 is 11.9 Å². The van der Waals surface area contributed by atoms with E-state index in [0.29, 0.717) is 25.9 Å². The van der Waals surface area contributed by atoms with Crippen molar-refractivity contribution in [2.45, 2.75) is 373 Å². The van der Waals surface area contributed by atoms with Crippen molar-refractivity contribution < 1.29 is 24.5 Å². The lowest BCUT2D eigenvalue weighted by Crippen LogP contribution is -2.45. The zero-order chi connectivity index (χ0) is 52.2. The molecule has 426 valence electrons. The van der Waals surface area contributed by atoms with Gasteiger partial charge in [-0.05, 0) is 70.6 Å². The predicted molar refractivity (Wildman–Crippen MR) is 315 cm³/mol. The van der Waals surface area contributed by atoms with Gasteiger partial charge in [0.2, 0.25) is 5.91 Å². The van der Waals surface area contributed by atoms with E-state index in [9.17, 15) is 19.8 Å². The number of allylic oxidation sites excluding steroid dienone is 4. The molecule has 0 bridgehead atoms. The van der Waals surface area contributed by atoms with Crippen LogP contribution < -0.4 is 5.32 Å². The molecule has 0 aromatic heterocycles. The molecule has 0 radical (unpaired) electrons. The van der Waals surface area contributed by atoms with Gasteiger partial charge in [-0.2, -0.15) is 0 Å². The van der Waals surface area contributed by atoms with Crippen LogP contribution in [0.3, 0.4) is 0 Å². The summed E-state index contributed by atoms with van der Waals surface area (Å²) < 4.78 is 5.46. The van der Waals surface area contributed by atoms with E-state index < -0.39 is 12.1 Å². The fourth-order valence-corrected chi connectivity index (χ4v) is 10.2. The van der Waals surface area contributed by atoms with Crippen LogP contribution in [0.2, 0.25) is 0 Å². The van der Waals surface area contributed by atoms with E-state index in [1.807, 2.05) is 0 Å². The molecule has 6 nitrogen and oxygen atoms in total. The lowest BCUT2D eigenvalue weighted by atomic mass is 10.0. The molecule has 0 aromatic rings. The summed E-state index contributed by atoms with van der Waals surface area (Å²) in [6.07, 6.45) is 76.3. The first kappa shape index (κ1) is 70.3. The molecule has 0 aliphatic carbocycles. The van der Waals surface area contributed by atoms with Crippen molar-refractivity contribution in [3.63, 3.8) is 0 Å². The summed E-state index contributed by atoms with van der Waals surface area (Å²) in [6.45, 7) is 4.94. The lowest BCUT2D eigenvalue weighted by Gasteiger charge is -2.22. The molecule has 0 aromatic carbocycles. The molecule has 0 rings (SSSR count). The summed E-state index contributed by atoms with van der Waals surface area (Å²) in [5.74, 6) is -0.0285. The number of amides is 1. The van der Waals surface area contributed by atoms with Gasteiger partial charge in [-0.15, -0.1) is 0 Å². The van der Waals surface area contributed by atoms with Gasteiger partial charge < -0.3 is 20.3 Å². The summed E-state index contributed by atoms with van der Waals surface area (Å²) in [6, 6.07) is -0.542. The highest BCUT2D eigenvalue weighted by molar-refractivity contribution is 5.76. The molecule has 2 unspecified atom stereocenters. The number of hydrogen-bond acceptors (Lipinski definition) is 5. The standard InChI is InChI=1S/C66H127NO5/c1-3-5-7-9-11-13-15-16-17-29-32-35-39-42-46-50-54-58-64(69)63(62-68)67-65(70)59-55-51-47-43-40-36-33-30-27-25-23-21-19-18-20-22-24-26-28-31-34-37-41-45-49-53-57-61-72-66(71)60-56-52-48-44-38-14-12-10-8-6-4-2/h10,12,18-19,63-64,68-69H,3-9,11,13-17,20-62H2,1-2H3,(H,67,70)/b12-10-,19-18-. The van der Waals surface area contributed by atoms with Crippen LogP contribution >= 0.6 is 0 Å². The average molecular weight is 1010 g/mol. The Hall–Kier alpha value is -1.66. The maximum atomic E-state index is 12.5. The molecule has 1 amide bonds. The van der Waals surface area contributed by atoms with Crippen molar-refractivity contribution in [2.75, 3.05) is 13.2 Å². The van der Waals surface area contributed by atoms with E-state index in [-0.39, 0.29) is 18.5 Å². The van der Waals surface area contributed by atoms with Gasteiger partial charge in [-0.25, -0.2) is 0 Å². The summed E-state index contributed by atoms with van der Waals surface area (Å²) in [4.78, 5) is 24.5. The molecule has 0 saturated heterocycles. The SMILES string of the molecule is CCCC/C=C\CCCCCCCC(=O)OCCCCCCCCCCCCCC/C=C\CCCCCCCCCCCCCC(=O)NC(CO)C(O)CCCCCCCCCCCCCCCCCCC. The molecule has 0 heterocycles. The second-order valence-corrected chi connectivity index (χ2v) is 22.4. The predicted octanol–water partition coefficient (Wildman–Crippen LogP) is 20.6. The minimum atomic E-state index is -0.665. The third-order valence-corrected chi connectivity index (χ3v) is 15.2. The molecule has 0 aliphatic rings. The third kappa shape index (κ3) is 57.6. The normalized spacial score (nSPS) is 12.7. The van der Waals surface area contributed by atoms with Gasteiger partial charge >= 0.3 is 5.97 Å². The van der Waals surface area contributed by atoms with E-state index in [0.717, 1.165) is 44.9 Å². The van der Waals surface area contributed by atoms with Crippen LogP contribution in [0.25, 0.3) is 0 Å². The third-order valence-electron chi connectivity index (χ3n) is 15.2. The number of carbonyl (C=O) groups is 2. The molecule has 2 atom stereocenters. The molecule has 0 saturated carbocycles. The van der Waals surface area contributed by atoms with Crippen LogP contribution in [0.15, 0.2) is 24.3 Å². The maximum absolute atomic E-state index is 12.5. The molecule has 0 spiro atoms. The van der Waals surface area contributed by atoms with Gasteiger partial charge in [0.05, 0.1) is 25.4 Å². The Kier molecular flexibility index (Phi) is 60.5. The van der Waals surface area contributed by atoms with Crippen molar-refractivity contribution in [1.29, 1.82) is 0 Å². The number of ether oxygens (including phenoxy) is 1. The highest BCUT2D eigenvalue weighted by Crippen LogP contribution is 2.18. The number of rotatable bonds is 61. The van der Waals surface area contributed by atoms with Crippen LogP contribution in [0.1, 0.15) is 361 Å². The Balaban J connectivity index is 3.39. The van der Waals surface area contributed by atoms with Crippen LogP contribution in [0.5, 0.6) is 0 Å². The van der Waals surface area contributed by atoms with Crippen LogP contribution in [-0.4, -0.2) is 47.4 Å². The molecule has 72 heavy (non-hydrogen) atoms. The fourth-order valence-electron chi connectivity index (χ4n) is 10.2. The largest absolute Gasteiger partial charge is 0.466 e. The van der Waals surface area contributed by atoms with Gasteiger partial charge in [-0.1, -0.05) is 301 Å². The van der Waals surface area contributed by atoms with E-state index in [1.54, 1.807) is 0 Å². The summed E-state index contributed by atoms with van der Waals surface area (Å²) in [5.41, 5.74) is 0. The van der Waals surface area contributed by atoms with Crippen molar-refractivity contribution in [3.8, 4) is 0 Å². The summed E-state index contributed by atoms with van der Waals surface area (Å²) in [5, 5.41) is 23.3. The first-order valence-electron chi connectivity index (χ1n) is 32.6. The monoisotopic (exact) mass is 1010 g/mol. The van der Waals surface area contributed by atoms with E-state index >= 15 is 0 Å². The Bertz CT molecular complexity index is 1120. The van der Waals surface area contributed by atoms with Gasteiger partial charge in [0.1, 0.15) is 0 Å². The first-order valence-corrected chi connectivity index (χ1v) is 32.6. The van der Waals surface area contributed by atoms with Gasteiger partial charge in [0, 0.05) is 12.8 Å². The highest BCUT2D eigenvalue weighted by Gasteiger charge is 2.20. The fraction of sp³-hybridized carbons (Fsp3) is 0.909. The summed E-state index contributed by atoms with van der Waals surface area (Å²) >= 11 is 0. The van der Waals surface area contributed by atoms with E-state index in [4.69, 9.17) is 4.74 Å². The van der Waals surface area contributed by atoms with Crippen LogP contribution in [0.4, 0.5) is 0 Å². The number of carbonyl (C=O) groups excluding carboxylic acids is 2. The van der Waals surface area contributed by atoms with Crippen LogP contribution in [0, 0.1) is 0 Å². The van der Waals surface area contributed by atoms with E-state index in [1.165, 1.54) is 283 Å². The molecule has 0 aliphatic heterocycles. The number of nitrogens with one attached hydrogen (secondary N) is 1. The number of aliphatic hydroxyl groups is 2. The van der Waals surface area contributed by atoms with Crippen molar-refractivity contribution in [2.24, 2.45) is 0 Å². The van der Waals surface area contributed by atoms with Crippen molar-refractivity contribution in [3.05, 3.63) is 24.3 Å². The maximum Gasteiger partial charge on any atom is 0.305 e. The van der Waals surface area contributed by atoms with E-state index in [2.05, 4.69) is 43.5 Å². The summed E-state index contributed by atoms with van der Waals surface area (Å²) in [7, 11) is 0. The topological polar surface area (TPSA) is 95.9 Å². The number of aliphatic hydroxyl groups excluding tert-OH is 2. The minimum absolute atomic E-state index is 0.00435. The Labute approximate surface area is 450 Å². The number of unbranched alkanes of at least 4 members (excludes halogenated alkanes) is 46. The molecule has 6 heteroatoms. The molecular weight excluding hydrogens is 887 g/mol.